The van der Waals surface area contributed by atoms with E-state index in [1.54, 1.807) is 0 Å². The lowest BCUT2D eigenvalue weighted by atomic mass is 10.1. The van der Waals surface area contributed by atoms with Gasteiger partial charge in [0.1, 0.15) is 0 Å². The highest BCUT2D eigenvalue weighted by Crippen LogP contribution is 2.23. The molecule has 1 aromatic carbocycles. The van der Waals surface area contributed by atoms with Crippen LogP contribution in [0.15, 0.2) is 24.3 Å². The van der Waals surface area contributed by atoms with Gasteiger partial charge in [-0.25, -0.2) is 0 Å². The second-order valence-corrected chi connectivity index (χ2v) is 5.44. The molecule has 2 aliphatic rings. The first-order chi connectivity index (χ1) is 8.33. The first-order valence-electron chi connectivity index (χ1n) is 6.45. The van der Waals surface area contributed by atoms with E-state index in [2.05, 4.69) is 34.5 Å². The Morgan fingerprint density at radius 1 is 1.12 bits per heavy atom. The van der Waals surface area contributed by atoms with E-state index in [4.69, 9.17) is 12.2 Å². The Morgan fingerprint density at radius 3 is 2.29 bits per heavy atom. The van der Waals surface area contributed by atoms with Crippen LogP contribution in [-0.2, 0) is 13.1 Å². The summed E-state index contributed by atoms with van der Waals surface area (Å²) in [6.45, 7) is 1.93. The fourth-order valence-corrected chi connectivity index (χ4v) is 3.11. The molecule has 1 N–H and O–H groups in total. The van der Waals surface area contributed by atoms with Gasteiger partial charge < -0.3 is 10.2 Å². The average molecular weight is 246 g/mol. The van der Waals surface area contributed by atoms with Crippen LogP contribution in [0.25, 0.3) is 0 Å². The summed E-state index contributed by atoms with van der Waals surface area (Å²) in [7, 11) is 0. The number of nitrogens with one attached hydrogen (secondary N) is 1. The van der Waals surface area contributed by atoms with E-state index in [9.17, 15) is 0 Å². The Bertz CT molecular complexity index is 399. The smallest absolute Gasteiger partial charge is 0.169 e. The third-order valence-electron chi connectivity index (χ3n) is 3.81. The molecule has 0 bridgehead atoms. The van der Waals surface area contributed by atoms with Gasteiger partial charge in [0, 0.05) is 19.1 Å². The summed E-state index contributed by atoms with van der Waals surface area (Å²) in [4.78, 5) is 2.28. The molecule has 0 radical (unpaired) electrons. The van der Waals surface area contributed by atoms with Gasteiger partial charge in [-0.2, -0.15) is 0 Å². The maximum Gasteiger partial charge on any atom is 0.169 e. The van der Waals surface area contributed by atoms with E-state index in [-0.39, 0.29) is 0 Å². The summed E-state index contributed by atoms with van der Waals surface area (Å²) in [6, 6.07) is 9.23. The van der Waals surface area contributed by atoms with Crippen molar-refractivity contribution in [2.75, 3.05) is 0 Å². The second kappa shape index (κ2) is 4.65. The lowest BCUT2D eigenvalue weighted by Crippen LogP contribution is -2.41. The first kappa shape index (κ1) is 11.0. The van der Waals surface area contributed by atoms with Crippen molar-refractivity contribution in [1.29, 1.82) is 0 Å². The number of rotatable bonds is 1. The highest BCUT2D eigenvalue weighted by Gasteiger charge is 2.23. The normalized spacial score (nSPS) is 19.4. The van der Waals surface area contributed by atoms with E-state index in [1.807, 2.05) is 0 Å². The van der Waals surface area contributed by atoms with Crippen LogP contribution in [-0.4, -0.2) is 16.1 Å². The number of fused-ring (bicyclic) bond motifs is 1. The van der Waals surface area contributed by atoms with Gasteiger partial charge in [-0.15, -0.1) is 0 Å². The molecule has 1 heterocycles. The molecule has 0 spiro atoms. The molecular weight excluding hydrogens is 228 g/mol. The maximum atomic E-state index is 5.51. The van der Waals surface area contributed by atoms with Crippen LogP contribution in [0.5, 0.6) is 0 Å². The summed E-state index contributed by atoms with van der Waals surface area (Å²) in [6.07, 6.45) is 5.25. The van der Waals surface area contributed by atoms with Crippen LogP contribution in [0.4, 0.5) is 0 Å². The molecule has 1 saturated carbocycles. The van der Waals surface area contributed by atoms with Gasteiger partial charge >= 0.3 is 0 Å². The van der Waals surface area contributed by atoms with Crippen molar-refractivity contribution in [3.8, 4) is 0 Å². The molecule has 0 aromatic heterocycles. The molecule has 1 fully saturated rings. The molecule has 90 valence electrons. The van der Waals surface area contributed by atoms with Crippen molar-refractivity contribution in [3.05, 3.63) is 35.4 Å². The SMILES string of the molecule is S=C(NC1CCCC1)N1Cc2ccccc2C1. The number of nitrogens with zero attached hydrogens (tertiary/aromatic N) is 1. The van der Waals surface area contributed by atoms with Gasteiger partial charge in [0.25, 0.3) is 0 Å². The van der Waals surface area contributed by atoms with Gasteiger partial charge in [-0.3, -0.25) is 0 Å². The van der Waals surface area contributed by atoms with Crippen LogP contribution < -0.4 is 5.32 Å². The van der Waals surface area contributed by atoms with Crippen molar-refractivity contribution in [1.82, 2.24) is 10.2 Å². The quantitative estimate of drug-likeness (QED) is 0.767. The number of hydrogen-bond donors (Lipinski definition) is 1. The minimum absolute atomic E-state index is 0.617. The monoisotopic (exact) mass is 246 g/mol. The van der Waals surface area contributed by atoms with Crippen molar-refractivity contribution in [3.63, 3.8) is 0 Å². The lowest BCUT2D eigenvalue weighted by Gasteiger charge is -2.23. The molecule has 3 rings (SSSR count). The zero-order chi connectivity index (χ0) is 11.7. The van der Waals surface area contributed by atoms with Gasteiger partial charge in [0.15, 0.2) is 5.11 Å². The average Bonchev–Trinajstić information content (AvgIpc) is 2.96. The van der Waals surface area contributed by atoms with Gasteiger partial charge in [-0.05, 0) is 36.2 Å². The lowest BCUT2D eigenvalue weighted by molar-refractivity contribution is 0.427. The van der Waals surface area contributed by atoms with E-state index in [0.717, 1.165) is 18.2 Å². The molecule has 2 nitrogen and oxygen atoms in total. The summed E-state index contributed by atoms with van der Waals surface area (Å²) >= 11 is 5.51. The van der Waals surface area contributed by atoms with Crippen molar-refractivity contribution >= 4 is 17.3 Å². The van der Waals surface area contributed by atoms with Gasteiger partial charge in [0.2, 0.25) is 0 Å². The third kappa shape index (κ3) is 2.29. The molecular formula is C14H18N2S. The molecule has 1 aliphatic heterocycles. The van der Waals surface area contributed by atoms with Crippen molar-refractivity contribution in [2.45, 2.75) is 44.8 Å². The van der Waals surface area contributed by atoms with Crippen LogP contribution in [0.1, 0.15) is 36.8 Å². The fraction of sp³-hybridized carbons (Fsp3) is 0.500. The predicted molar refractivity (Wildman–Crippen MR) is 73.7 cm³/mol. The standard InChI is InChI=1S/C14H18N2S/c17-14(15-13-7-3-4-8-13)16-9-11-5-1-2-6-12(11)10-16/h1-2,5-6,13H,3-4,7-10H2,(H,15,17). The Balaban J connectivity index is 1.62. The van der Waals surface area contributed by atoms with Crippen LogP contribution >= 0.6 is 12.2 Å². The third-order valence-corrected chi connectivity index (χ3v) is 4.19. The predicted octanol–water partition coefficient (Wildman–Crippen LogP) is 2.82. The second-order valence-electron chi connectivity index (χ2n) is 5.06. The summed E-state index contributed by atoms with van der Waals surface area (Å²) in [5, 5.41) is 4.45. The van der Waals surface area contributed by atoms with Crippen molar-refractivity contribution in [2.24, 2.45) is 0 Å². The van der Waals surface area contributed by atoms with E-state index in [0.29, 0.717) is 6.04 Å². The number of benzene rings is 1. The molecule has 17 heavy (non-hydrogen) atoms. The minimum Gasteiger partial charge on any atom is -0.360 e. The first-order valence-corrected chi connectivity index (χ1v) is 6.86. The van der Waals surface area contributed by atoms with Crippen LogP contribution in [0.2, 0.25) is 0 Å². The number of hydrogen-bond acceptors (Lipinski definition) is 1. The van der Waals surface area contributed by atoms with Crippen LogP contribution in [0, 0.1) is 0 Å². The largest absolute Gasteiger partial charge is 0.360 e. The summed E-state index contributed by atoms with van der Waals surface area (Å²) in [5.74, 6) is 0. The Labute approximate surface area is 108 Å². The Hall–Kier alpha value is -1.09. The molecule has 3 heteroatoms. The van der Waals surface area contributed by atoms with Gasteiger partial charge in [0.05, 0.1) is 0 Å². The van der Waals surface area contributed by atoms with Gasteiger partial charge in [-0.1, -0.05) is 37.1 Å². The number of thiocarbonyl (C=S) groups is 1. The minimum atomic E-state index is 0.617. The highest BCUT2D eigenvalue weighted by molar-refractivity contribution is 7.80. The topological polar surface area (TPSA) is 15.3 Å². The molecule has 0 atom stereocenters. The Kier molecular flexibility index (Phi) is 3.02. The fourth-order valence-electron chi connectivity index (χ4n) is 2.81. The van der Waals surface area contributed by atoms with E-state index in [1.165, 1.54) is 36.8 Å². The van der Waals surface area contributed by atoms with Crippen molar-refractivity contribution < 1.29 is 0 Å². The molecule has 0 unspecified atom stereocenters. The Morgan fingerprint density at radius 2 is 1.71 bits per heavy atom. The molecule has 0 saturated heterocycles. The summed E-state index contributed by atoms with van der Waals surface area (Å²) < 4.78 is 0. The molecule has 1 aliphatic carbocycles. The zero-order valence-electron chi connectivity index (χ0n) is 9.98. The summed E-state index contributed by atoms with van der Waals surface area (Å²) in [5.41, 5.74) is 2.84. The molecule has 1 aromatic rings. The van der Waals surface area contributed by atoms with Crippen LogP contribution in [0.3, 0.4) is 0 Å². The van der Waals surface area contributed by atoms with E-state index >= 15 is 0 Å². The highest BCUT2D eigenvalue weighted by atomic mass is 32.1. The zero-order valence-corrected chi connectivity index (χ0v) is 10.8. The molecule has 0 amide bonds. The van der Waals surface area contributed by atoms with E-state index < -0.39 is 0 Å². The maximum absolute atomic E-state index is 5.51.